The highest BCUT2D eigenvalue weighted by molar-refractivity contribution is 5.64. The van der Waals surface area contributed by atoms with Crippen LogP contribution in [0.1, 0.15) is 18.4 Å². The van der Waals surface area contributed by atoms with Crippen molar-refractivity contribution in [3.63, 3.8) is 0 Å². The van der Waals surface area contributed by atoms with Gasteiger partial charge in [-0.25, -0.2) is 8.78 Å². The van der Waals surface area contributed by atoms with Crippen molar-refractivity contribution in [3.05, 3.63) is 42.1 Å². The van der Waals surface area contributed by atoms with Gasteiger partial charge in [0.05, 0.1) is 11.9 Å². The number of H-pyrrole nitrogens is 1. The molecule has 3 rings (SSSR count). The number of benzene rings is 1. The molecule has 100 valence electrons. The third-order valence-corrected chi connectivity index (χ3v) is 3.86. The van der Waals surface area contributed by atoms with Crippen LogP contribution in [0.15, 0.2) is 36.5 Å². The van der Waals surface area contributed by atoms with E-state index in [0.29, 0.717) is 0 Å². The molecule has 0 unspecified atom stereocenters. The van der Waals surface area contributed by atoms with E-state index >= 15 is 0 Å². The third-order valence-electron chi connectivity index (χ3n) is 3.86. The quantitative estimate of drug-likeness (QED) is 0.894. The summed E-state index contributed by atoms with van der Waals surface area (Å²) >= 11 is 0. The summed E-state index contributed by atoms with van der Waals surface area (Å²) in [5.74, 6) is -2.61. The Morgan fingerprint density at radius 1 is 1.21 bits per heavy atom. The molecule has 1 aromatic heterocycles. The molecule has 3 N–H and O–H groups in total. The number of nitrogens with zero attached hydrogens (tertiary/aromatic N) is 1. The first-order valence-electron chi connectivity index (χ1n) is 6.24. The van der Waals surface area contributed by atoms with Gasteiger partial charge in [-0.2, -0.15) is 5.10 Å². The Morgan fingerprint density at radius 3 is 2.47 bits per heavy atom. The minimum atomic E-state index is -2.61. The first-order chi connectivity index (χ1) is 9.06. The maximum absolute atomic E-state index is 13.3. The Bertz CT molecular complexity index is 569. The van der Waals surface area contributed by atoms with Gasteiger partial charge in [0.1, 0.15) is 0 Å². The molecular weight excluding hydrogens is 248 g/mol. The summed E-state index contributed by atoms with van der Waals surface area (Å²) in [4.78, 5) is 0. The van der Waals surface area contributed by atoms with Crippen LogP contribution in [0, 0.1) is 0 Å². The lowest BCUT2D eigenvalue weighted by molar-refractivity contribution is -0.123. The lowest BCUT2D eigenvalue weighted by Gasteiger charge is -2.46. The fourth-order valence-corrected chi connectivity index (χ4v) is 2.90. The Balaban J connectivity index is 2.01. The molecule has 1 aliphatic carbocycles. The van der Waals surface area contributed by atoms with E-state index in [2.05, 4.69) is 10.2 Å². The fourth-order valence-electron chi connectivity index (χ4n) is 2.90. The molecule has 0 amide bonds. The number of hydrogen-bond donors (Lipinski definition) is 2. The maximum Gasteiger partial charge on any atom is 0.250 e. The van der Waals surface area contributed by atoms with Crippen molar-refractivity contribution >= 4 is 0 Å². The van der Waals surface area contributed by atoms with Crippen molar-refractivity contribution < 1.29 is 8.78 Å². The Kier molecular flexibility index (Phi) is 2.67. The van der Waals surface area contributed by atoms with Crippen LogP contribution in [0.5, 0.6) is 0 Å². The van der Waals surface area contributed by atoms with Crippen LogP contribution in [0.4, 0.5) is 8.78 Å². The summed E-state index contributed by atoms with van der Waals surface area (Å²) in [5.41, 5.74) is 7.64. The van der Waals surface area contributed by atoms with E-state index in [1.807, 2.05) is 30.3 Å². The summed E-state index contributed by atoms with van der Waals surface area (Å²) in [7, 11) is 0. The van der Waals surface area contributed by atoms with Crippen molar-refractivity contribution in [2.45, 2.75) is 24.2 Å². The molecule has 0 atom stereocenters. The van der Waals surface area contributed by atoms with Gasteiger partial charge >= 0.3 is 0 Å². The number of aromatic nitrogens is 2. The number of nitrogens with one attached hydrogen (secondary N) is 1. The van der Waals surface area contributed by atoms with E-state index in [-0.39, 0.29) is 19.4 Å². The summed E-state index contributed by atoms with van der Waals surface area (Å²) in [6, 6.07) is 9.58. The summed E-state index contributed by atoms with van der Waals surface area (Å²) in [6.45, 7) is 0.210. The molecular formula is C14H15F2N3. The second-order valence-electron chi connectivity index (χ2n) is 5.22. The van der Waals surface area contributed by atoms with Crippen molar-refractivity contribution in [2.24, 2.45) is 5.73 Å². The number of halogens is 2. The van der Waals surface area contributed by atoms with E-state index in [0.717, 1.165) is 16.8 Å². The second-order valence-corrected chi connectivity index (χ2v) is 5.22. The smallest absolute Gasteiger partial charge is 0.250 e. The van der Waals surface area contributed by atoms with Crippen LogP contribution < -0.4 is 5.73 Å². The minimum Gasteiger partial charge on any atom is -0.330 e. The average molecular weight is 263 g/mol. The zero-order valence-electron chi connectivity index (χ0n) is 10.4. The number of nitrogens with two attached hydrogens (primary N) is 1. The average Bonchev–Trinajstić information content (AvgIpc) is 2.86. The van der Waals surface area contributed by atoms with E-state index in [9.17, 15) is 8.78 Å². The first-order valence-corrected chi connectivity index (χ1v) is 6.24. The Labute approximate surface area is 109 Å². The van der Waals surface area contributed by atoms with Crippen LogP contribution >= 0.6 is 0 Å². The molecule has 1 aliphatic rings. The number of rotatable bonds is 3. The molecule has 5 heteroatoms. The minimum absolute atomic E-state index is 0.199. The summed E-state index contributed by atoms with van der Waals surface area (Å²) in [6.07, 6.45) is 1.23. The third kappa shape index (κ3) is 1.94. The predicted molar refractivity (Wildman–Crippen MR) is 68.9 cm³/mol. The van der Waals surface area contributed by atoms with E-state index in [1.165, 1.54) is 0 Å². The van der Waals surface area contributed by atoms with Gasteiger partial charge < -0.3 is 5.73 Å². The monoisotopic (exact) mass is 263 g/mol. The zero-order chi connectivity index (χ0) is 13.5. The van der Waals surface area contributed by atoms with Gasteiger partial charge in [-0.3, -0.25) is 5.10 Å². The molecule has 0 radical (unpaired) electrons. The van der Waals surface area contributed by atoms with E-state index in [4.69, 9.17) is 5.73 Å². The fraction of sp³-hybridized carbons (Fsp3) is 0.357. The normalized spacial score (nSPS) is 19.9. The molecule has 0 aliphatic heterocycles. The van der Waals surface area contributed by atoms with Crippen LogP contribution in [0.3, 0.4) is 0 Å². The Hall–Kier alpha value is -1.75. The molecule has 1 aromatic carbocycles. The highest BCUT2D eigenvalue weighted by Gasteiger charge is 2.57. The van der Waals surface area contributed by atoms with Gasteiger partial charge in [0.2, 0.25) is 5.92 Å². The van der Waals surface area contributed by atoms with E-state index in [1.54, 1.807) is 6.20 Å². The predicted octanol–water partition coefficient (Wildman–Crippen LogP) is 2.70. The molecule has 2 aromatic rings. The van der Waals surface area contributed by atoms with Gasteiger partial charge in [-0.1, -0.05) is 30.3 Å². The molecule has 19 heavy (non-hydrogen) atoms. The first kappa shape index (κ1) is 12.3. The van der Waals surface area contributed by atoms with Gasteiger partial charge in [0.15, 0.2) is 0 Å². The van der Waals surface area contributed by atoms with Crippen LogP contribution in [0.25, 0.3) is 11.3 Å². The topological polar surface area (TPSA) is 54.7 Å². The number of aromatic amines is 1. The van der Waals surface area contributed by atoms with Gasteiger partial charge in [-0.05, 0) is 5.56 Å². The number of hydrogen-bond acceptors (Lipinski definition) is 2. The molecule has 1 heterocycles. The van der Waals surface area contributed by atoms with Crippen molar-refractivity contribution in [1.82, 2.24) is 10.2 Å². The second kappa shape index (κ2) is 4.13. The maximum atomic E-state index is 13.3. The van der Waals surface area contributed by atoms with Gasteiger partial charge in [0.25, 0.3) is 0 Å². The highest BCUT2D eigenvalue weighted by atomic mass is 19.3. The molecule has 3 nitrogen and oxygen atoms in total. The zero-order valence-corrected chi connectivity index (χ0v) is 10.4. The van der Waals surface area contributed by atoms with Crippen molar-refractivity contribution in [2.75, 3.05) is 6.54 Å². The molecule has 0 spiro atoms. The van der Waals surface area contributed by atoms with Crippen LogP contribution in [0.2, 0.25) is 0 Å². The Morgan fingerprint density at radius 2 is 1.89 bits per heavy atom. The summed E-state index contributed by atoms with van der Waals surface area (Å²) in [5, 5.41) is 6.92. The lowest BCUT2D eigenvalue weighted by Crippen LogP contribution is -2.53. The standard InChI is InChI=1S/C14H15F2N3/c15-14(16)7-13(8-14,9-17)11-6-18-19-12(11)10-4-2-1-3-5-10/h1-6H,7-9,17H2,(H,18,19). The van der Waals surface area contributed by atoms with Gasteiger partial charge in [-0.15, -0.1) is 0 Å². The van der Waals surface area contributed by atoms with Gasteiger partial charge in [0, 0.05) is 30.4 Å². The van der Waals surface area contributed by atoms with Crippen LogP contribution in [-0.2, 0) is 5.41 Å². The van der Waals surface area contributed by atoms with E-state index < -0.39 is 11.3 Å². The molecule has 1 fully saturated rings. The SMILES string of the molecule is NCC1(c2cn[nH]c2-c2ccccc2)CC(F)(F)C1. The molecule has 0 saturated heterocycles. The largest absolute Gasteiger partial charge is 0.330 e. The molecule has 0 bridgehead atoms. The number of alkyl halides is 2. The molecule has 1 saturated carbocycles. The highest BCUT2D eigenvalue weighted by Crippen LogP contribution is 2.54. The van der Waals surface area contributed by atoms with Crippen molar-refractivity contribution in [1.29, 1.82) is 0 Å². The van der Waals surface area contributed by atoms with Crippen molar-refractivity contribution in [3.8, 4) is 11.3 Å². The lowest BCUT2D eigenvalue weighted by atomic mass is 9.62. The van der Waals surface area contributed by atoms with Crippen LogP contribution in [-0.4, -0.2) is 22.7 Å². The summed E-state index contributed by atoms with van der Waals surface area (Å²) < 4.78 is 26.5.